The molecular weight excluding hydrogens is 350 g/mol. The van der Waals surface area contributed by atoms with Gasteiger partial charge in [-0.25, -0.2) is 9.78 Å². The van der Waals surface area contributed by atoms with Crippen molar-refractivity contribution >= 4 is 28.4 Å². The molecular formula is C22H25N5O. The lowest BCUT2D eigenvalue weighted by atomic mass is 10.2. The lowest BCUT2D eigenvalue weighted by Gasteiger charge is -2.37. The molecule has 28 heavy (non-hydrogen) atoms. The summed E-state index contributed by atoms with van der Waals surface area (Å²) in [5, 5.41) is 1.10. The number of hydrogen-bond donors (Lipinski definition) is 0. The van der Waals surface area contributed by atoms with Gasteiger partial charge in [-0.15, -0.1) is 0 Å². The van der Waals surface area contributed by atoms with Crippen LogP contribution >= 0.6 is 0 Å². The summed E-state index contributed by atoms with van der Waals surface area (Å²) in [5.41, 5.74) is 2.20. The van der Waals surface area contributed by atoms with E-state index in [9.17, 15) is 4.79 Å². The van der Waals surface area contributed by atoms with E-state index in [1.54, 1.807) is 4.57 Å². The zero-order chi connectivity index (χ0) is 18.9. The van der Waals surface area contributed by atoms with Crippen LogP contribution in [0.3, 0.4) is 0 Å². The highest BCUT2D eigenvalue weighted by atomic mass is 16.2. The minimum atomic E-state index is 0.0571. The topological polar surface area (TPSA) is 44.6 Å². The highest BCUT2D eigenvalue weighted by molar-refractivity contribution is 5.91. The van der Waals surface area contributed by atoms with E-state index in [2.05, 4.69) is 20.9 Å². The van der Waals surface area contributed by atoms with Crippen LogP contribution < -0.4 is 9.80 Å². The summed E-state index contributed by atoms with van der Waals surface area (Å²) in [4.78, 5) is 24.4. The number of carbonyl (C=O) groups is 1. The average Bonchev–Trinajstić information content (AvgIpc) is 3.44. The van der Waals surface area contributed by atoms with Crippen LogP contribution in [-0.4, -0.2) is 59.8 Å². The summed E-state index contributed by atoms with van der Waals surface area (Å²) >= 11 is 0. The Morgan fingerprint density at radius 1 is 0.821 bits per heavy atom. The van der Waals surface area contributed by atoms with Gasteiger partial charge in [0.15, 0.2) is 5.82 Å². The Morgan fingerprint density at radius 3 is 2.43 bits per heavy atom. The van der Waals surface area contributed by atoms with Gasteiger partial charge < -0.3 is 14.7 Å². The first-order valence-corrected chi connectivity index (χ1v) is 10.1. The van der Waals surface area contributed by atoms with Crippen LogP contribution in [0.4, 0.5) is 16.3 Å². The second-order valence-electron chi connectivity index (χ2n) is 7.54. The SMILES string of the molecule is O=C(N1CCN(c2ncccc2N2CCCC2)CC1)n1ccc2ccccc21. The van der Waals surface area contributed by atoms with Crippen LogP contribution in [0.1, 0.15) is 12.8 Å². The van der Waals surface area contributed by atoms with Crippen LogP contribution in [0.15, 0.2) is 54.9 Å². The average molecular weight is 375 g/mol. The fourth-order valence-corrected chi connectivity index (χ4v) is 4.35. The van der Waals surface area contributed by atoms with E-state index in [1.165, 1.54) is 18.5 Å². The number of benzene rings is 1. The van der Waals surface area contributed by atoms with Crippen molar-refractivity contribution in [3.63, 3.8) is 0 Å². The predicted octanol–water partition coefficient (Wildman–Crippen LogP) is 3.43. The van der Waals surface area contributed by atoms with Gasteiger partial charge in [-0.2, -0.15) is 0 Å². The molecule has 0 radical (unpaired) electrons. The number of rotatable bonds is 2. The molecule has 5 rings (SSSR count). The molecule has 3 aromatic rings. The van der Waals surface area contributed by atoms with E-state index < -0.39 is 0 Å². The van der Waals surface area contributed by atoms with Crippen molar-refractivity contribution in [3.8, 4) is 0 Å². The van der Waals surface area contributed by atoms with E-state index in [0.29, 0.717) is 13.1 Å². The zero-order valence-electron chi connectivity index (χ0n) is 16.0. The van der Waals surface area contributed by atoms with E-state index in [0.717, 1.165) is 42.9 Å². The molecule has 0 bridgehead atoms. The first-order valence-electron chi connectivity index (χ1n) is 10.1. The Labute approximate surface area is 165 Å². The molecule has 6 nitrogen and oxygen atoms in total. The van der Waals surface area contributed by atoms with Crippen molar-refractivity contribution in [1.29, 1.82) is 0 Å². The van der Waals surface area contributed by atoms with Crippen molar-refractivity contribution in [2.75, 3.05) is 49.1 Å². The fraction of sp³-hybridized carbons (Fsp3) is 0.364. The third kappa shape index (κ3) is 2.99. The number of fused-ring (bicyclic) bond motifs is 1. The van der Waals surface area contributed by atoms with Crippen LogP contribution in [0.5, 0.6) is 0 Å². The third-order valence-corrected chi connectivity index (χ3v) is 5.87. The van der Waals surface area contributed by atoms with E-state index in [-0.39, 0.29) is 6.03 Å². The van der Waals surface area contributed by atoms with Gasteiger partial charge >= 0.3 is 6.03 Å². The second kappa shape index (κ2) is 7.19. The summed E-state index contributed by atoms with van der Waals surface area (Å²) in [6.07, 6.45) is 6.25. The second-order valence-corrected chi connectivity index (χ2v) is 7.54. The van der Waals surface area contributed by atoms with E-state index in [4.69, 9.17) is 0 Å². The van der Waals surface area contributed by atoms with Crippen LogP contribution in [0, 0.1) is 0 Å². The van der Waals surface area contributed by atoms with Gasteiger partial charge in [0.1, 0.15) is 0 Å². The lowest BCUT2D eigenvalue weighted by Crippen LogP contribution is -2.50. The number of hydrogen-bond acceptors (Lipinski definition) is 4. The zero-order valence-corrected chi connectivity index (χ0v) is 16.0. The maximum absolute atomic E-state index is 13.0. The first kappa shape index (κ1) is 17.1. The minimum absolute atomic E-state index is 0.0571. The molecule has 4 heterocycles. The Bertz CT molecular complexity index is 983. The van der Waals surface area contributed by atoms with Crippen LogP contribution in [-0.2, 0) is 0 Å². The van der Waals surface area contributed by atoms with Crippen molar-refractivity contribution in [3.05, 3.63) is 54.9 Å². The largest absolute Gasteiger partial charge is 0.369 e. The molecule has 0 unspecified atom stereocenters. The molecule has 1 aromatic carbocycles. The maximum Gasteiger partial charge on any atom is 0.328 e. The van der Waals surface area contributed by atoms with Gasteiger partial charge in [-0.05, 0) is 37.1 Å². The Morgan fingerprint density at radius 2 is 1.61 bits per heavy atom. The molecule has 2 fully saturated rings. The Hall–Kier alpha value is -3.02. The molecule has 2 aliphatic rings. The number of anilines is 2. The standard InChI is InChI=1S/C22H25N5O/c28-22(27-13-9-18-6-1-2-7-19(18)27)26-16-14-25(15-17-26)21-20(8-5-10-23-21)24-11-3-4-12-24/h1-2,5-10,13H,3-4,11-12,14-17H2. The van der Waals surface area contributed by atoms with Gasteiger partial charge in [0.25, 0.3) is 0 Å². The molecule has 2 saturated heterocycles. The fourth-order valence-electron chi connectivity index (χ4n) is 4.35. The van der Waals surface area contributed by atoms with Crippen molar-refractivity contribution in [1.82, 2.24) is 14.5 Å². The van der Waals surface area contributed by atoms with Crippen LogP contribution in [0.2, 0.25) is 0 Å². The van der Waals surface area contributed by atoms with E-state index in [1.807, 2.05) is 53.7 Å². The molecule has 0 spiro atoms. The Kier molecular flexibility index (Phi) is 4.39. The number of amides is 1. The van der Waals surface area contributed by atoms with Crippen molar-refractivity contribution in [2.24, 2.45) is 0 Å². The summed E-state index contributed by atoms with van der Waals surface area (Å²) in [7, 11) is 0. The number of para-hydroxylation sites is 1. The monoisotopic (exact) mass is 375 g/mol. The predicted molar refractivity (Wildman–Crippen MR) is 112 cm³/mol. The van der Waals surface area contributed by atoms with Gasteiger partial charge in [0.05, 0.1) is 11.2 Å². The van der Waals surface area contributed by atoms with Gasteiger partial charge in [-0.1, -0.05) is 18.2 Å². The Balaban J connectivity index is 1.31. The number of pyridine rings is 1. The normalized spacial score (nSPS) is 17.5. The van der Waals surface area contributed by atoms with E-state index >= 15 is 0 Å². The van der Waals surface area contributed by atoms with Crippen LogP contribution in [0.25, 0.3) is 10.9 Å². The number of piperazine rings is 1. The molecule has 2 aliphatic heterocycles. The molecule has 2 aromatic heterocycles. The summed E-state index contributed by atoms with van der Waals surface area (Å²) in [6.45, 7) is 5.25. The highest BCUT2D eigenvalue weighted by Gasteiger charge is 2.26. The number of nitrogens with zero attached hydrogens (tertiary/aromatic N) is 5. The summed E-state index contributed by atoms with van der Waals surface area (Å²) < 4.78 is 1.77. The number of carbonyl (C=O) groups excluding carboxylic acids is 1. The molecule has 1 amide bonds. The quantitative estimate of drug-likeness (QED) is 0.688. The molecule has 0 atom stereocenters. The minimum Gasteiger partial charge on any atom is -0.369 e. The summed E-state index contributed by atoms with van der Waals surface area (Å²) in [6, 6.07) is 14.3. The van der Waals surface area contributed by atoms with Gasteiger partial charge in [0, 0.05) is 57.0 Å². The smallest absolute Gasteiger partial charge is 0.328 e. The maximum atomic E-state index is 13.0. The number of aromatic nitrogens is 2. The van der Waals surface area contributed by atoms with Gasteiger partial charge in [-0.3, -0.25) is 4.57 Å². The highest BCUT2D eigenvalue weighted by Crippen LogP contribution is 2.30. The van der Waals surface area contributed by atoms with Gasteiger partial charge in [0.2, 0.25) is 0 Å². The lowest BCUT2D eigenvalue weighted by molar-refractivity contribution is 0.197. The first-order chi connectivity index (χ1) is 13.8. The summed E-state index contributed by atoms with van der Waals surface area (Å²) in [5.74, 6) is 1.06. The van der Waals surface area contributed by atoms with Crippen molar-refractivity contribution in [2.45, 2.75) is 12.8 Å². The molecule has 0 saturated carbocycles. The molecule has 0 aliphatic carbocycles. The third-order valence-electron chi connectivity index (χ3n) is 5.87. The molecule has 6 heteroatoms. The molecule has 144 valence electrons. The molecule has 0 N–H and O–H groups in total. The van der Waals surface area contributed by atoms with Crippen molar-refractivity contribution < 1.29 is 4.79 Å².